The van der Waals surface area contributed by atoms with Gasteiger partial charge in [0, 0.05) is 17.3 Å². The first-order valence-electron chi connectivity index (χ1n) is 4.46. The van der Waals surface area contributed by atoms with Crippen LogP contribution in [0.4, 0.5) is 9.93 Å². The fourth-order valence-corrected chi connectivity index (χ4v) is 2.96. The van der Waals surface area contributed by atoms with Crippen LogP contribution in [0.5, 0.6) is 0 Å². The average Bonchev–Trinajstić information content (AvgIpc) is 2.86. The van der Waals surface area contributed by atoms with Gasteiger partial charge < -0.3 is 10.0 Å². The second kappa shape index (κ2) is 4.71. The van der Waals surface area contributed by atoms with Gasteiger partial charge >= 0.3 is 12.0 Å². The zero-order valence-electron chi connectivity index (χ0n) is 8.12. The Labute approximate surface area is 99.7 Å². The van der Waals surface area contributed by atoms with E-state index in [1.807, 2.05) is 0 Å². The van der Waals surface area contributed by atoms with Crippen molar-refractivity contribution < 1.29 is 14.7 Å². The number of carbonyl (C=O) groups is 2. The van der Waals surface area contributed by atoms with Crippen molar-refractivity contribution in [2.75, 3.05) is 16.9 Å². The Balaban J connectivity index is 2.01. The van der Waals surface area contributed by atoms with Crippen LogP contribution in [0.15, 0.2) is 11.6 Å². The number of carboxylic acid groups (broad SMARTS) is 1. The van der Waals surface area contributed by atoms with Crippen molar-refractivity contribution in [3.8, 4) is 0 Å². The number of urea groups is 1. The van der Waals surface area contributed by atoms with Crippen molar-refractivity contribution in [3.63, 3.8) is 0 Å². The third-order valence-electron chi connectivity index (χ3n) is 2.07. The van der Waals surface area contributed by atoms with Crippen molar-refractivity contribution in [2.24, 2.45) is 0 Å². The molecule has 0 radical (unpaired) electrons. The van der Waals surface area contributed by atoms with E-state index in [2.05, 4.69) is 10.3 Å². The van der Waals surface area contributed by atoms with Crippen LogP contribution in [0, 0.1) is 0 Å². The number of carbonyl (C=O) groups excluding carboxylic acids is 1. The number of carboxylic acids is 1. The van der Waals surface area contributed by atoms with Crippen LogP contribution >= 0.6 is 23.1 Å². The smallest absolute Gasteiger partial charge is 0.327 e. The highest BCUT2D eigenvalue weighted by Gasteiger charge is 2.34. The highest BCUT2D eigenvalue weighted by Crippen LogP contribution is 2.22. The molecule has 1 aromatic heterocycles. The van der Waals surface area contributed by atoms with Crippen molar-refractivity contribution >= 4 is 40.2 Å². The molecular formula is C8H9N3O3S2. The second-order valence-corrected chi connectivity index (χ2v) is 4.99. The number of thiazole rings is 1. The third-order valence-corrected chi connectivity index (χ3v) is 3.78. The number of nitrogens with one attached hydrogen (secondary N) is 1. The van der Waals surface area contributed by atoms with Gasteiger partial charge in [-0.15, -0.1) is 23.1 Å². The Bertz CT molecular complexity index is 395. The van der Waals surface area contributed by atoms with Gasteiger partial charge in [0.05, 0.1) is 5.88 Å². The highest BCUT2D eigenvalue weighted by atomic mass is 32.2. The molecule has 1 aliphatic rings. The number of hydrogen-bond donors (Lipinski definition) is 2. The van der Waals surface area contributed by atoms with E-state index in [1.54, 1.807) is 11.6 Å². The van der Waals surface area contributed by atoms with Gasteiger partial charge in [-0.1, -0.05) is 0 Å². The second-order valence-electron chi connectivity index (χ2n) is 3.09. The minimum Gasteiger partial charge on any atom is -0.480 e. The van der Waals surface area contributed by atoms with Crippen molar-refractivity contribution in [1.82, 2.24) is 9.88 Å². The number of hydrogen-bond acceptors (Lipinski definition) is 5. The molecule has 2 heterocycles. The molecule has 0 bridgehead atoms. The monoisotopic (exact) mass is 259 g/mol. The van der Waals surface area contributed by atoms with E-state index >= 15 is 0 Å². The summed E-state index contributed by atoms with van der Waals surface area (Å²) in [4.78, 5) is 27.8. The minimum atomic E-state index is -0.973. The van der Waals surface area contributed by atoms with Gasteiger partial charge in [0.2, 0.25) is 0 Å². The molecule has 1 fully saturated rings. The lowest BCUT2D eigenvalue weighted by Gasteiger charge is -2.19. The topological polar surface area (TPSA) is 82.5 Å². The molecule has 16 heavy (non-hydrogen) atoms. The summed E-state index contributed by atoms with van der Waals surface area (Å²) in [5, 5.41) is 13.7. The van der Waals surface area contributed by atoms with E-state index in [1.165, 1.54) is 28.0 Å². The number of thioether (sulfide) groups is 1. The molecule has 8 heteroatoms. The number of rotatable bonds is 2. The first-order valence-corrected chi connectivity index (χ1v) is 6.49. The van der Waals surface area contributed by atoms with Crippen LogP contribution in [-0.2, 0) is 4.79 Å². The number of amides is 2. The molecule has 1 atom stereocenters. The Kier molecular flexibility index (Phi) is 3.30. The number of aliphatic carboxylic acids is 1. The molecule has 1 unspecified atom stereocenters. The van der Waals surface area contributed by atoms with Gasteiger partial charge in [-0.3, -0.25) is 5.32 Å². The third kappa shape index (κ3) is 2.27. The summed E-state index contributed by atoms with van der Waals surface area (Å²) in [6.45, 7) is 0. The summed E-state index contributed by atoms with van der Waals surface area (Å²) >= 11 is 2.72. The normalized spacial score (nSPS) is 19.8. The molecule has 86 valence electrons. The number of nitrogens with zero attached hydrogens (tertiary/aromatic N) is 2. The predicted octanol–water partition coefficient (Wildman–Crippen LogP) is 1.13. The van der Waals surface area contributed by atoms with Crippen LogP contribution in [0.2, 0.25) is 0 Å². The van der Waals surface area contributed by atoms with Crippen LogP contribution in [0.3, 0.4) is 0 Å². The van der Waals surface area contributed by atoms with Crippen LogP contribution in [0.1, 0.15) is 0 Å². The molecule has 0 spiro atoms. The van der Waals surface area contributed by atoms with Gasteiger partial charge in [-0.05, 0) is 0 Å². The van der Waals surface area contributed by atoms with Gasteiger partial charge in [0.25, 0.3) is 0 Å². The van der Waals surface area contributed by atoms with Crippen LogP contribution in [0.25, 0.3) is 0 Å². The molecule has 0 aromatic carbocycles. The summed E-state index contributed by atoms with van der Waals surface area (Å²) in [5.41, 5.74) is 0. The first-order chi connectivity index (χ1) is 7.68. The molecule has 2 rings (SSSR count). The van der Waals surface area contributed by atoms with E-state index in [4.69, 9.17) is 5.11 Å². The summed E-state index contributed by atoms with van der Waals surface area (Å²) in [6.07, 6.45) is 1.58. The first kappa shape index (κ1) is 11.2. The van der Waals surface area contributed by atoms with E-state index in [9.17, 15) is 9.59 Å². The van der Waals surface area contributed by atoms with Crippen LogP contribution in [-0.4, -0.2) is 44.7 Å². The zero-order valence-corrected chi connectivity index (χ0v) is 9.75. The molecule has 6 nitrogen and oxygen atoms in total. The molecular weight excluding hydrogens is 250 g/mol. The molecule has 2 N–H and O–H groups in total. The van der Waals surface area contributed by atoms with E-state index in [0.29, 0.717) is 16.8 Å². The summed E-state index contributed by atoms with van der Waals surface area (Å²) in [6, 6.07) is -1.16. The minimum absolute atomic E-state index is 0.397. The van der Waals surface area contributed by atoms with Gasteiger partial charge in [0.15, 0.2) is 5.13 Å². The number of anilines is 1. The largest absolute Gasteiger partial charge is 0.480 e. The lowest BCUT2D eigenvalue weighted by Crippen LogP contribution is -2.43. The molecule has 0 aliphatic carbocycles. The lowest BCUT2D eigenvalue weighted by molar-refractivity contribution is -0.140. The van der Waals surface area contributed by atoms with E-state index in [-0.39, 0.29) is 0 Å². The Morgan fingerprint density at radius 3 is 3.06 bits per heavy atom. The predicted molar refractivity (Wildman–Crippen MR) is 61.7 cm³/mol. The highest BCUT2D eigenvalue weighted by molar-refractivity contribution is 7.99. The summed E-state index contributed by atoms with van der Waals surface area (Å²) in [7, 11) is 0. The van der Waals surface area contributed by atoms with Gasteiger partial charge in [0.1, 0.15) is 6.04 Å². The maximum absolute atomic E-state index is 11.7. The Morgan fingerprint density at radius 1 is 1.62 bits per heavy atom. The zero-order chi connectivity index (χ0) is 11.5. The van der Waals surface area contributed by atoms with Crippen molar-refractivity contribution in [1.29, 1.82) is 0 Å². The molecule has 1 saturated heterocycles. The van der Waals surface area contributed by atoms with Crippen molar-refractivity contribution in [2.45, 2.75) is 6.04 Å². The molecule has 1 aromatic rings. The fraction of sp³-hybridized carbons (Fsp3) is 0.375. The fourth-order valence-electron chi connectivity index (χ4n) is 1.30. The Hall–Kier alpha value is -1.28. The molecule has 0 saturated carbocycles. The Morgan fingerprint density at radius 2 is 2.44 bits per heavy atom. The lowest BCUT2D eigenvalue weighted by atomic mass is 10.3. The molecule has 1 aliphatic heterocycles. The van der Waals surface area contributed by atoms with E-state index in [0.717, 1.165) is 0 Å². The maximum atomic E-state index is 11.7. The van der Waals surface area contributed by atoms with Gasteiger partial charge in [-0.2, -0.15) is 0 Å². The summed E-state index contributed by atoms with van der Waals surface area (Å²) < 4.78 is 0. The molecule has 2 amide bonds. The summed E-state index contributed by atoms with van der Waals surface area (Å²) in [5.74, 6) is -0.145. The van der Waals surface area contributed by atoms with Gasteiger partial charge in [-0.25, -0.2) is 14.6 Å². The number of aromatic nitrogens is 1. The van der Waals surface area contributed by atoms with Crippen molar-refractivity contribution in [3.05, 3.63) is 11.6 Å². The maximum Gasteiger partial charge on any atom is 0.327 e. The standard InChI is InChI=1S/C8H9N3O3S2/c12-6(13)5-3-15-4-11(5)8(14)10-7-9-1-2-16-7/h1-2,5H,3-4H2,(H,12,13)(H,9,10,14). The quantitative estimate of drug-likeness (QED) is 0.832. The van der Waals surface area contributed by atoms with E-state index < -0.39 is 18.0 Å². The van der Waals surface area contributed by atoms with Crippen LogP contribution < -0.4 is 5.32 Å². The average molecular weight is 259 g/mol. The SMILES string of the molecule is O=C(O)C1CSCN1C(=O)Nc1nccs1.